The fourth-order valence-corrected chi connectivity index (χ4v) is 1.93. The molecule has 6 heteroatoms. The minimum Gasteiger partial charge on any atom is -0.321 e. The highest BCUT2D eigenvalue weighted by Gasteiger charge is 2.08. The topological polar surface area (TPSA) is 64.0 Å². The van der Waals surface area contributed by atoms with Gasteiger partial charge in [0, 0.05) is 22.4 Å². The average molecular weight is 355 g/mol. The second kappa shape index (κ2) is 5.30. The van der Waals surface area contributed by atoms with Crippen LogP contribution in [0.5, 0.6) is 0 Å². The number of aryl methyl sites for hydroxylation is 1. The molecule has 0 spiro atoms. The predicted molar refractivity (Wildman–Crippen MR) is 76.6 cm³/mol. The van der Waals surface area contributed by atoms with E-state index in [1.165, 1.54) is 19.2 Å². The quantitative estimate of drug-likeness (QED) is 0.833. The van der Waals surface area contributed by atoms with E-state index in [4.69, 9.17) is 0 Å². The molecule has 0 aliphatic heterocycles. The number of amides is 1. The zero-order valence-electron chi connectivity index (χ0n) is 9.55. The van der Waals surface area contributed by atoms with Gasteiger partial charge in [-0.25, -0.2) is 4.68 Å². The Morgan fingerprint density at radius 1 is 1.33 bits per heavy atom. The smallest absolute Gasteiger partial charge is 0.276 e. The minimum atomic E-state index is -0.340. The fourth-order valence-electron chi connectivity index (χ4n) is 1.38. The minimum absolute atomic E-state index is 0.205. The number of anilines is 1. The lowest BCUT2D eigenvalue weighted by atomic mass is 10.3. The monoisotopic (exact) mass is 355 g/mol. The highest BCUT2D eigenvalue weighted by Crippen LogP contribution is 2.12. The van der Waals surface area contributed by atoms with Crippen molar-refractivity contribution in [3.05, 3.63) is 56.0 Å². The van der Waals surface area contributed by atoms with Gasteiger partial charge in [-0.3, -0.25) is 9.59 Å². The van der Waals surface area contributed by atoms with Crippen LogP contribution in [0.2, 0.25) is 0 Å². The van der Waals surface area contributed by atoms with Gasteiger partial charge in [-0.15, -0.1) is 0 Å². The summed E-state index contributed by atoms with van der Waals surface area (Å²) in [5.74, 6) is -0.340. The van der Waals surface area contributed by atoms with Crippen molar-refractivity contribution >= 4 is 34.2 Å². The van der Waals surface area contributed by atoms with E-state index in [0.29, 0.717) is 5.69 Å². The molecule has 0 saturated carbocycles. The van der Waals surface area contributed by atoms with Gasteiger partial charge in [0.2, 0.25) is 0 Å². The maximum absolute atomic E-state index is 11.9. The molecule has 92 valence electrons. The van der Waals surface area contributed by atoms with Crippen molar-refractivity contribution < 1.29 is 4.79 Å². The second-order valence-electron chi connectivity index (χ2n) is 3.64. The van der Waals surface area contributed by atoms with Gasteiger partial charge in [0.1, 0.15) is 5.69 Å². The first-order valence-electron chi connectivity index (χ1n) is 5.17. The van der Waals surface area contributed by atoms with E-state index in [2.05, 4.69) is 33.0 Å². The molecule has 2 rings (SSSR count). The molecular formula is C12H10IN3O2. The van der Waals surface area contributed by atoms with Crippen LogP contribution in [-0.2, 0) is 7.05 Å². The molecule has 0 fully saturated rings. The van der Waals surface area contributed by atoms with Gasteiger partial charge in [-0.05, 0) is 46.9 Å². The van der Waals surface area contributed by atoms with E-state index in [-0.39, 0.29) is 17.2 Å². The van der Waals surface area contributed by atoms with Crippen molar-refractivity contribution in [2.75, 3.05) is 5.32 Å². The first-order valence-corrected chi connectivity index (χ1v) is 6.25. The number of halogens is 1. The molecular weight excluding hydrogens is 345 g/mol. The van der Waals surface area contributed by atoms with Crippen molar-refractivity contribution in [3.63, 3.8) is 0 Å². The predicted octanol–water partition coefficient (Wildman–Crippen LogP) is 1.64. The molecule has 5 nitrogen and oxygen atoms in total. The summed E-state index contributed by atoms with van der Waals surface area (Å²) in [6.07, 6.45) is 0. The van der Waals surface area contributed by atoms with Gasteiger partial charge in [0.05, 0.1) is 0 Å². The lowest BCUT2D eigenvalue weighted by molar-refractivity contribution is 0.102. The molecule has 0 saturated heterocycles. The third-order valence-corrected chi connectivity index (χ3v) is 2.95. The molecule has 1 aromatic heterocycles. The summed E-state index contributed by atoms with van der Waals surface area (Å²) >= 11 is 2.16. The molecule has 0 atom stereocenters. The Kier molecular flexibility index (Phi) is 3.75. The molecule has 18 heavy (non-hydrogen) atoms. The number of aromatic nitrogens is 2. The average Bonchev–Trinajstić information content (AvgIpc) is 2.32. The Morgan fingerprint density at radius 3 is 2.78 bits per heavy atom. The van der Waals surface area contributed by atoms with E-state index in [1.54, 1.807) is 6.07 Å². The van der Waals surface area contributed by atoms with E-state index in [0.717, 1.165) is 8.25 Å². The number of carbonyl (C=O) groups excluding carboxylic acids is 1. The van der Waals surface area contributed by atoms with E-state index >= 15 is 0 Å². The highest BCUT2D eigenvalue weighted by molar-refractivity contribution is 14.1. The van der Waals surface area contributed by atoms with Crippen molar-refractivity contribution in [2.24, 2.45) is 7.05 Å². The normalized spacial score (nSPS) is 10.1. The second-order valence-corrected chi connectivity index (χ2v) is 4.89. The van der Waals surface area contributed by atoms with Gasteiger partial charge in [0.15, 0.2) is 0 Å². The molecule has 1 N–H and O–H groups in total. The summed E-state index contributed by atoms with van der Waals surface area (Å²) < 4.78 is 2.16. The summed E-state index contributed by atoms with van der Waals surface area (Å²) in [5, 5.41) is 6.61. The zero-order valence-corrected chi connectivity index (χ0v) is 11.7. The molecule has 1 aromatic carbocycles. The van der Waals surface area contributed by atoms with Gasteiger partial charge in [-0.2, -0.15) is 5.10 Å². The maximum atomic E-state index is 11.9. The van der Waals surface area contributed by atoms with Crippen molar-refractivity contribution in [2.45, 2.75) is 0 Å². The Bertz CT molecular complexity index is 652. The number of nitrogens with one attached hydrogen (secondary N) is 1. The number of rotatable bonds is 2. The molecule has 2 aromatic rings. The van der Waals surface area contributed by atoms with E-state index < -0.39 is 0 Å². The summed E-state index contributed by atoms with van der Waals surface area (Å²) in [4.78, 5) is 23.1. The summed E-state index contributed by atoms with van der Waals surface area (Å²) in [7, 11) is 1.50. The Balaban J connectivity index is 2.22. The van der Waals surface area contributed by atoms with Crippen LogP contribution >= 0.6 is 22.6 Å². The maximum Gasteiger partial charge on any atom is 0.276 e. The van der Waals surface area contributed by atoms with Crippen LogP contribution in [0.15, 0.2) is 41.2 Å². The third-order valence-electron chi connectivity index (χ3n) is 2.28. The molecule has 0 unspecified atom stereocenters. The molecule has 1 heterocycles. The highest BCUT2D eigenvalue weighted by atomic mass is 127. The van der Waals surface area contributed by atoms with Crippen LogP contribution in [-0.4, -0.2) is 15.7 Å². The van der Waals surface area contributed by atoms with Crippen molar-refractivity contribution in [3.8, 4) is 0 Å². The number of hydrogen-bond donors (Lipinski definition) is 1. The Hall–Kier alpha value is -1.70. The van der Waals surface area contributed by atoms with Crippen LogP contribution in [0.4, 0.5) is 5.69 Å². The van der Waals surface area contributed by atoms with Crippen LogP contribution < -0.4 is 10.9 Å². The van der Waals surface area contributed by atoms with Crippen LogP contribution in [0.3, 0.4) is 0 Å². The summed E-state index contributed by atoms with van der Waals surface area (Å²) in [6.45, 7) is 0. The van der Waals surface area contributed by atoms with Crippen molar-refractivity contribution in [1.82, 2.24) is 9.78 Å². The van der Waals surface area contributed by atoms with Crippen LogP contribution in [0, 0.1) is 3.57 Å². The first kappa shape index (κ1) is 12.7. The third kappa shape index (κ3) is 2.95. The Labute approximate surface area is 117 Å². The molecule has 0 aliphatic carbocycles. The molecule has 0 radical (unpaired) electrons. The molecule has 1 amide bonds. The van der Waals surface area contributed by atoms with Gasteiger partial charge >= 0.3 is 0 Å². The van der Waals surface area contributed by atoms with Gasteiger partial charge < -0.3 is 5.32 Å². The molecule has 0 aliphatic rings. The van der Waals surface area contributed by atoms with E-state index in [9.17, 15) is 9.59 Å². The van der Waals surface area contributed by atoms with Gasteiger partial charge in [-0.1, -0.05) is 6.07 Å². The number of carbonyl (C=O) groups is 1. The van der Waals surface area contributed by atoms with Gasteiger partial charge in [0.25, 0.3) is 11.5 Å². The lowest BCUT2D eigenvalue weighted by Gasteiger charge is -2.05. The zero-order chi connectivity index (χ0) is 13.1. The molecule has 0 bridgehead atoms. The summed E-state index contributed by atoms with van der Waals surface area (Å²) in [6, 6.07) is 10.1. The van der Waals surface area contributed by atoms with E-state index in [1.807, 2.05) is 18.2 Å². The van der Waals surface area contributed by atoms with Crippen LogP contribution in [0.1, 0.15) is 10.5 Å². The lowest BCUT2D eigenvalue weighted by Crippen LogP contribution is -2.23. The van der Waals surface area contributed by atoms with Crippen LogP contribution in [0.25, 0.3) is 0 Å². The number of hydrogen-bond acceptors (Lipinski definition) is 3. The summed E-state index contributed by atoms with van der Waals surface area (Å²) in [5.41, 5.74) is 0.652. The fraction of sp³-hybridized carbons (Fsp3) is 0.0833. The standard InChI is InChI=1S/C12H10IN3O2/c1-16-11(17)6-5-10(15-16)12(18)14-9-4-2-3-8(13)7-9/h2-7H,1H3,(H,14,18). The number of benzene rings is 1. The largest absolute Gasteiger partial charge is 0.321 e. The number of nitrogens with zero attached hydrogens (tertiary/aromatic N) is 2. The Morgan fingerprint density at radius 2 is 2.11 bits per heavy atom. The van der Waals surface area contributed by atoms with Crippen molar-refractivity contribution in [1.29, 1.82) is 0 Å². The SMILES string of the molecule is Cn1nc(C(=O)Nc2cccc(I)c2)ccc1=O. The first-order chi connectivity index (χ1) is 8.56.